The molecule has 7 heteroatoms. The topological polar surface area (TPSA) is 102 Å². The maximum atomic E-state index is 11.6. The number of amides is 1. The second-order valence-corrected chi connectivity index (χ2v) is 4.46. The van der Waals surface area contributed by atoms with Gasteiger partial charge in [-0.15, -0.1) is 0 Å². The number of hydrogen-bond acceptors (Lipinski definition) is 6. The van der Waals surface area contributed by atoms with Crippen LogP contribution in [0.3, 0.4) is 0 Å². The van der Waals surface area contributed by atoms with Gasteiger partial charge in [-0.3, -0.25) is 4.79 Å². The fraction of sp³-hybridized carbons (Fsp3) is 0.545. The normalized spacial score (nSPS) is 10.9. The first-order valence-corrected chi connectivity index (χ1v) is 5.53. The number of ether oxygens (including phenoxy) is 1. The van der Waals surface area contributed by atoms with Gasteiger partial charge < -0.3 is 21.1 Å². The van der Waals surface area contributed by atoms with Gasteiger partial charge in [0.05, 0.1) is 12.5 Å². The van der Waals surface area contributed by atoms with Crippen molar-refractivity contribution >= 4 is 17.4 Å². The minimum absolute atomic E-state index is 0.0606. The molecule has 0 atom stereocenters. The lowest BCUT2D eigenvalue weighted by atomic mass is 9.92. The average molecular weight is 253 g/mol. The Morgan fingerprint density at radius 2 is 2.17 bits per heavy atom. The third-order valence-corrected chi connectivity index (χ3v) is 2.58. The summed E-state index contributed by atoms with van der Waals surface area (Å²) in [5.41, 5.74) is 5.58. The molecular weight excluding hydrogens is 234 g/mol. The molecule has 7 nitrogen and oxygen atoms in total. The van der Waals surface area contributed by atoms with Gasteiger partial charge in [-0.1, -0.05) is 0 Å². The molecule has 0 aliphatic rings. The van der Waals surface area contributed by atoms with Crippen LogP contribution >= 0.6 is 0 Å². The molecule has 0 fully saturated rings. The summed E-state index contributed by atoms with van der Waals surface area (Å²) in [6.45, 7) is 4.05. The van der Waals surface area contributed by atoms with Crippen molar-refractivity contribution < 1.29 is 9.53 Å². The first-order chi connectivity index (χ1) is 8.42. The van der Waals surface area contributed by atoms with Crippen LogP contribution in [-0.2, 0) is 4.79 Å². The number of nitrogens with zero attached hydrogens (tertiary/aromatic N) is 2. The van der Waals surface area contributed by atoms with Crippen LogP contribution in [0.15, 0.2) is 6.33 Å². The summed E-state index contributed by atoms with van der Waals surface area (Å²) in [5, 5.41) is 5.64. The van der Waals surface area contributed by atoms with Crippen molar-refractivity contribution in [1.82, 2.24) is 15.3 Å². The molecule has 0 aliphatic carbocycles. The molecule has 100 valence electrons. The van der Waals surface area contributed by atoms with E-state index in [1.54, 1.807) is 7.05 Å². The van der Waals surface area contributed by atoms with Crippen LogP contribution in [-0.4, -0.2) is 36.6 Å². The average Bonchev–Trinajstić information content (AvgIpc) is 2.36. The molecule has 1 aromatic rings. The molecule has 0 aromatic carbocycles. The Balaban J connectivity index is 2.78. The van der Waals surface area contributed by atoms with Crippen LogP contribution in [0.2, 0.25) is 0 Å². The summed E-state index contributed by atoms with van der Waals surface area (Å²) in [4.78, 5) is 19.5. The van der Waals surface area contributed by atoms with Crippen LogP contribution in [0.5, 0.6) is 5.88 Å². The maximum absolute atomic E-state index is 11.6. The number of anilines is 2. The molecule has 1 rings (SSSR count). The van der Waals surface area contributed by atoms with Gasteiger partial charge in [-0.25, -0.2) is 4.98 Å². The van der Waals surface area contributed by atoms with Crippen molar-refractivity contribution in [1.29, 1.82) is 0 Å². The summed E-state index contributed by atoms with van der Waals surface area (Å²) in [6.07, 6.45) is 1.35. The molecule has 0 spiro atoms. The zero-order valence-corrected chi connectivity index (χ0v) is 11.1. The Labute approximate surface area is 106 Å². The Morgan fingerprint density at radius 3 is 2.72 bits per heavy atom. The monoisotopic (exact) mass is 253 g/mol. The third kappa shape index (κ3) is 2.99. The van der Waals surface area contributed by atoms with E-state index in [1.807, 2.05) is 13.8 Å². The molecule has 0 aliphatic heterocycles. The number of nitrogens with one attached hydrogen (secondary N) is 2. The zero-order valence-electron chi connectivity index (χ0n) is 11.1. The molecule has 4 N–H and O–H groups in total. The van der Waals surface area contributed by atoms with Gasteiger partial charge in [0.25, 0.3) is 0 Å². The Bertz CT molecular complexity index is 433. The number of aromatic nitrogens is 2. The van der Waals surface area contributed by atoms with E-state index in [9.17, 15) is 4.79 Å². The van der Waals surface area contributed by atoms with Crippen molar-refractivity contribution in [3.8, 4) is 5.88 Å². The van der Waals surface area contributed by atoms with E-state index in [-0.39, 0.29) is 5.91 Å². The Morgan fingerprint density at radius 1 is 1.50 bits per heavy atom. The van der Waals surface area contributed by atoms with E-state index < -0.39 is 5.41 Å². The molecule has 0 bridgehead atoms. The van der Waals surface area contributed by atoms with Gasteiger partial charge in [0.2, 0.25) is 11.8 Å². The number of carbonyl (C=O) groups is 1. The lowest BCUT2D eigenvalue weighted by Gasteiger charge is -2.23. The van der Waals surface area contributed by atoms with E-state index in [4.69, 9.17) is 10.5 Å². The van der Waals surface area contributed by atoms with Crippen molar-refractivity contribution in [3.63, 3.8) is 0 Å². The summed E-state index contributed by atoms with van der Waals surface area (Å²) in [7, 11) is 3.09. The quantitative estimate of drug-likeness (QED) is 0.695. The molecule has 0 unspecified atom stereocenters. The van der Waals surface area contributed by atoms with Gasteiger partial charge in [0, 0.05) is 13.6 Å². The predicted octanol–water partition coefficient (Wildman–Crippen LogP) is 0.252. The van der Waals surface area contributed by atoms with Gasteiger partial charge in [-0.2, -0.15) is 4.98 Å². The fourth-order valence-electron chi connectivity index (χ4n) is 1.41. The SMILES string of the molecule is CNC(=O)C(C)(C)CNc1ncnc(OC)c1N. The van der Waals surface area contributed by atoms with Gasteiger partial charge >= 0.3 is 0 Å². The van der Waals surface area contributed by atoms with E-state index in [2.05, 4.69) is 20.6 Å². The third-order valence-electron chi connectivity index (χ3n) is 2.58. The highest BCUT2D eigenvalue weighted by Gasteiger charge is 2.26. The van der Waals surface area contributed by atoms with Crippen LogP contribution in [0.4, 0.5) is 11.5 Å². The molecular formula is C11H19N5O2. The van der Waals surface area contributed by atoms with E-state index in [1.165, 1.54) is 13.4 Å². The maximum Gasteiger partial charge on any atom is 0.242 e. The van der Waals surface area contributed by atoms with Gasteiger partial charge in [-0.05, 0) is 13.8 Å². The standard InChI is InChI=1S/C11H19N5O2/c1-11(2,10(17)13-3)5-14-8-7(12)9(18-4)16-6-15-8/h6H,5,12H2,1-4H3,(H,13,17)(H,14,15,16). The Hall–Kier alpha value is -2.05. The van der Waals surface area contributed by atoms with Crippen LogP contribution in [0, 0.1) is 5.41 Å². The van der Waals surface area contributed by atoms with E-state index in [0.717, 1.165) is 0 Å². The van der Waals surface area contributed by atoms with Crippen molar-refractivity contribution in [2.24, 2.45) is 5.41 Å². The van der Waals surface area contributed by atoms with Crippen molar-refractivity contribution in [2.75, 3.05) is 31.8 Å². The minimum atomic E-state index is -0.570. The Kier molecular flexibility index (Phi) is 4.30. The predicted molar refractivity (Wildman–Crippen MR) is 69.3 cm³/mol. The van der Waals surface area contributed by atoms with Crippen molar-refractivity contribution in [3.05, 3.63) is 6.33 Å². The van der Waals surface area contributed by atoms with Crippen LogP contribution < -0.4 is 21.1 Å². The number of nitrogen functional groups attached to an aromatic ring is 1. The van der Waals surface area contributed by atoms with Gasteiger partial charge in [0.15, 0.2) is 5.82 Å². The minimum Gasteiger partial charge on any atom is -0.479 e. The summed E-state index contributed by atoms with van der Waals surface area (Å²) >= 11 is 0. The molecule has 1 amide bonds. The number of rotatable bonds is 5. The van der Waals surface area contributed by atoms with Gasteiger partial charge in [0.1, 0.15) is 12.0 Å². The van der Waals surface area contributed by atoms with E-state index >= 15 is 0 Å². The van der Waals surface area contributed by atoms with Crippen molar-refractivity contribution in [2.45, 2.75) is 13.8 Å². The molecule has 0 saturated heterocycles. The van der Waals surface area contributed by atoms with E-state index in [0.29, 0.717) is 23.9 Å². The highest BCUT2D eigenvalue weighted by Crippen LogP contribution is 2.25. The second-order valence-electron chi connectivity index (χ2n) is 4.46. The zero-order chi connectivity index (χ0) is 13.8. The number of carbonyl (C=O) groups excluding carboxylic acids is 1. The number of hydrogen-bond donors (Lipinski definition) is 3. The highest BCUT2D eigenvalue weighted by molar-refractivity contribution is 5.82. The number of methoxy groups -OCH3 is 1. The molecule has 18 heavy (non-hydrogen) atoms. The summed E-state index contributed by atoms with van der Waals surface area (Å²) in [5.74, 6) is 0.707. The first-order valence-electron chi connectivity index (χ1n) is 5.53. The largest absolute Gasteiger partial charge is 0.479 e. The lowest BCUT2D eigenvalue weighted by Crippen LogP contribution is -2.39. The highest BCUT2D eigenvalue weighted by atomic mass is 16.5. The molecule has 1 aromatic heterocycles. The first kappa shape index (κ1) is 14.0. The van der Waals surface area contributed by atoms with Crippen LogP contribution in [0.25, 0.3) is 0 Å². The molecule has 1 heterocycles. The molecule has 0 saturated carbocycles. The summed E-state index contributed by atoms with van der Waals surface area (Å²) < 4.78 is 4.99. The summed E-state index contributed by atoms with van der Waals surface area (Å²) in [6, 6.07) is 0. The smallest absolute Gasteiger partial charge is 0.242 e. The molecule has 0 radical (unpaired) electrons. The number of nitrogens with two attached hydrogens (primary N) is 1. The van der Waals surface area contributed by atoms with Crippen LogP contribution in [0.1, 0.15) is 13.8 Å². The fourth-order valence-corrected chi connectivity index (χ4v) is 1.41. The lowest BCUT2D eigenvalue weighted by molar-refractivity contribution is -0.128. The second kappa shape index (κ2) is 5.52.